The number of halogens is 1. The topological polar surface area (TPSA) is 74.7 Å². The molecular formula is C12H14ClNO4S2. The second kappa shape index (κ2) is 5.93. The van der Waals surface area contributed by atoms with Gasteiger partial charge in [-0.2, -0.15) is 16.1 Å². The molecule has 0 aromatic heterocycles. The fourth-order valence-electron chi connectivity index (χ4n) is 2.10. The molecular weight excluding hydrogens is 322 g/mol. The molecule has 2 rings (SSSR count). The van der Waals surface area contributed by atoms with E-state index < -0.39 is 22.0 Å². The van der Waals surface area contributed by atoms with Crippen LogP contribution < -0.4 is 0 Å². The lowest BCUT2D eigenvalue weighted by atomic mass is 10.2. The zero-order chi connectivity index (χ0) is 14.9. The standard InChI is InChI=1S/C12H14ClNO4S2/c1-8-6-9(13)2-3-11(8)20(17,18)14-4-5-19-7-10(14)12(15)16/h2-3,6,10H,4-5,7H2,1H3,(H,15,16). The second-order valence-corrected chi connectivity index (χ2v) is 7.90. The minimum Gasteiger partial charge on any atom is -0.480 e. The maximum Gasteiger partial charge on any atom is 0.322 e. The van der Waals surface area contributed by atoms with Gasteiger partial charge in [-0.1, -0.05) is 11.6 Å². The van der Waals surface area contributed by atoms with Gasteiger partial charge < -0.3 is 5.11 Å². The highest BCUT2D eigenvalue weighted by atomic mass is 35.5. The fourth-order valence-corrected chi connectivity index (χ4v) is 5.36. The molecule has 1 N–H and O–H groups in total. The van der Waals surface area contributed by atoms with Crippen molar-refractivity contribution in [3.05, 3.63) is 28.8 Å². The summed E-state index contributed by atoms with van der Waals surface area (Å²) in [7, 11) is -3.82. The van der Waals surface area contributed by atoms with Crippen LogP contribution in [0.1, 0.15) is 5.56 Å². The van der Waals surface area contributed by atoms with Crippen molar-refractivity contribution < 1.29 is 18.3 Å². The Labute approximate surface area is 127 Å². The molecule has 1 aromatic carbocycles. The van der Waals surface area contributed by atoms with Gasteiger partial charge in [0.15, 0.2) is 0 Å². The number of aryl methyl sites for hydroxylation is 1. The van der Waals surface area contributed by atoms with Gasteiger partial charge in [0.2, 0.25) is 10.0 Å². The minimum absolute atomic E-state index is 0.111. The number of hydrogen-bond acceptors (Lipinski definition) is 4. The van der Waals surface area contributed by atoms with Crippen LogP contribution in [0.15, 0.2) is 23.1 Å². The Bertz CT molecular complexity index is 632. The van der Waals surface area contributed by atoms with Gasteiger partial charge in [-0.25, -0.2) is 8.42 Å². The lowest BCUT2D eigenvalue weighted by molar-refractivity contribution is -0.140. The van der Waals surface area contributed by atoms with Crippen molar-refractivity contribution in [2.75, 3.05) is 18.1 Å². The summed E-state index contributed by atoms with van der Waals surface area (Å²) in [5, 5.41) is 9.64. The Hall–Kier alpha value is -0.760. The number of thioether (sulfide) groups is 1. The van der Waals surface area contributed by atoms with Crippen LogP contribution in [0.25, 0.3) is 0 Å². The number of rotatable bonds is 3. The Kier molecular flexibility index (Phi) is 4.63. The van der Waals surface area contributed by atoms with E-state index in [1.54, 1.807) is 13.0 Å². The highest BCUT2D eigenvalue weighted by Gasteiger charge is 2.38. The van der Waals surface area contributed by atoms with Gasteiger partial charge in [0.25, 0.3) is 0 Å². The number of carboxylic acids is 1. The summed E-state index contributed by atoms with van der Waals surface area (Å²) in [5.41, 5.74) is 0.514. The largest absolute Gasteiger partial charge is 0.480 e. The van der Waals surface area contributed by atoms with E-state index >= 15 is 0 Å². The van der Waals surface area contributed by atoms with E-state index in [4.69, 9.17) is 11.6 Å². The molecule has 5 nitrogen and oxygen atoms in total. The van der Waals surface area contributed by atoms with Gasteiger partial charge in [-0.05, 0) is 30.7 Å². The van der Waals surface area contributed by atoms with Gasteiger partial charge in [-0.3, -0.25) is 4.79 Å². The van der Waals surface area contributed by atoms with Gasteiger partial charge in [-0.15, -0.1) is 0 Å². The quantitative estimate of drug-likeness (QED) is 0.912. The molecule has 0 bridgehead atoms. The average molecular weight is 336 g/mol. The molecule has 8 heteroatoms. The first-order valence-corrected chi connectivity index (χ1v) is 8.90. The van der Waals surface area contributed by atoms with E-state index in [-0.39, 0.29) is 17.2 Å². The van der Waals surface area contributed by atoms with Crippen LogP contribution in [0.4, 0.5) is 0 Å². The summed E-state index contributed by atoms with van der Waals surface area (Å²) in [6.07, 6.45) is 0. The van der Waals surface area contributed by atoms with Crippen molar-refractivity contribution in [3.63, 3.8) is 0 Å². The lowest BCUT2D eigenvalue weighted by Gasteiger charge is -2.31. The van der Waals surface area contributed by atoms with Crippen molar-refractivity contribution in [1.82, 2.24) is 4.31 Å². The molecule has 0 radical (unpaired) electrons. The van der Waals surface area contributed by atoms with Crippen LogP contribution in [0, 0.1) is 6.92 Å². The van der Waals surface area contributed by atoms with Crippen molar-refractivity contribution in [2.45, 2.75) is 17.9 Å². The third-order valence-corrected chi connectivity index (χ3v) is 6.41. The van der Waals surface area contributed by atoms with Crippen LogP contribution in [-0.4, -0.2) is 47.9 Å². The van der Waals surface area contributed by atoms with E-state index in [1.165, 1.54) is 23.9 Å². The maximum absolute atomic E-state index is 12.6. The predicted octanol–water partition coefficient (Wildman–Crippen LogP) is 1.84. The molecule has 0 aliphatic carbocycles. The van der Waals surface area contributed by atoms with E-state index in [1.807, 2.05) is 0 Å². The minimum atomic E-state index is -3.82. The van der Waals surface area contributed by atoms with Crippen molar-refractivity contribution in [3.8, 4) is 0 Å². The normalized spacial score (nSPS) is 20.8. The predicted molar refractivity (Wildman–Crippen MR) is 78.8 cm³/mol. The first-order chi connectivity index (χ1) is 9.34. The number of sulfonamides is 1. The molecule has 1 fully saturated rings. The number of benzene rings is 1. The number of carbonyl (C=O) groups is 1. The first-order valence-electron chi connectivity index (χ1n) is 5.92. The maximum atomic E-state index is 12.6. The third kappa shape index (κ3) is 2.95. The van der Waals surface area contributed by atoms with Gasteiger partial charge in [0.1, 0.15) is 6.04 Å². The molecule has 1 aliphatic heterocycles. The van der Waals surface area contributed by atoms with Crippen LogP contribution in [0.3, 0.4) is 0 Å². The molecule has 0 amide bonds. The van der Waals surface area contributed by atoms with Gasteiger partial charge >= 0.3 is 5.97 Å². The summed E-state index contributed by atoms with van der Waals surface area (Å²) in [6, 6.07) is 3.46. The molecule has 1 saturated heterocycles. The number of aliphatic carboxylic acids is 1. The summed E-state index contributed by atoms with van der Waals surface area (Å²) in [5.74, 6) is -0.260. The average Bonchev–Trinajstić information content (AvgIpc) is 2.38. The molecule has 1 heterocycles. The monoisotopic (exact) mass is 335 g/mol. The second-order valence-electron chi connectivity index (χ2n) is 4.45. The molecule has 20 heavy (non-hydrogen) atoms. The summed E-state index contributed by atoms with van der Waals surface area (Å²) >= 11 is 7.27. The van der Waals surface area contributed by atoms with E-state index in [2.05, 4.69) is 0 Å². The molecule has 110 valence electrons. The number of hydrogen-bond donors (Lipinski definition) is 1. The zero-order valence-electron chi connectivity index (χ0n) is 10.7. The first kappa shape index (κ1) is 15.6. The summed E-state index contributed by atoms with van der Waals surface area (Å²) in [6.45, 7) is 1.85. The van der Waals surface area contributed by atoms with Crippen LogP contribution in [0.2, 0.25) is 5.02 Å². The summed E-state index contributed by atoms with van der Waals surface area (Å²) in [4.78, 5) is 11.4. The molecule has 1 unspecified atom stereocenters. The fraction of sp³-hybridized carbons (Fsp3) is 0.417. The van der Waals surface area contributed by atoms with Crippen molar-refractivity contribution >= 4 is 39.4 Å². The van der Waals surface area contributed by atoms with Crippen molar-refractivity contribution in [2.24, 2.45) is 0 Å². The van der Waals surface area contributed by atoms with Crippen LogP contribution in [0.5, 0.6) is 0 Å². The highest BCUT2D eigenvalue weighted by Crippen LogP contribution is 2.28. The molecule has 0 spiro atoms. The third-order valence-electron chi connectivity index (χ3n) is 3.09. The highest BCUT2D eigenvalue weighted by molar-refractivity contribution is 7.99. The van der Waals surface area contributed by atoms with Gasteiger partial charge in [0, 0.05) is 23.1 Å². The van der Waals surface area contributed by atoms with Gasteiger partial charge in [0.05, 0.1) is 4.90 Å². The number of carboxylic acid groups (broad SMARTS) is 1. The smallest absolute Gasteiger partial charge is 0.322 e. The molecule has 1 atom stereocenters. The van der Waals surface area contributed by atoms with E-state index in [0.29, 0.717) is 16.3 Å². The Balaban J connectivity index is 2.45. The van der Waals surface area contributed by atoms with E-state index in [0.717, 1.165) is 4.31 Å². The lowest BCUT2D eigenvalue weighted by Crippen LogP contribution is -2.50. The molecule has 1 aliphatic rings. The SMILES string of the molecule is Cc1cc(Cl)ccc1S(=O)(=O)N1CCSCC1C(=O)O. The van der Waals surface area contributed by atoms with Crippen molar-refractivity contribution in [1.29, 1.82) is 0 Å². The molecule has 0 saturated carbocycles. The summed E-state index contributed by atoms with van der Waals surface area (Å²) < 4.78 is 26.4. The Morgan fingerprint density at radius 2 is 2.20 bits per heavy atom. The zero-order valence-corrected chi connectivity index (χ0v) is 13.1. The Morgan fingerprint density at radius 1 is 1.50 bits per heavy atom. The van der Waals surface area contributed by atoms with E-state index in [9.17, 15) is 18.3 Å². The Morgan fingerprint density at radius 3 is 2.80 bits per heavy atom. The molecule has 1 aromatic rings. The number of nitrogens with zero attached hydrogens (tertiary/aromatic N) is 1. The van der Waals surface area contributed by atoms with Crippen LogP contribution >= 0.6 is 23.4 Å². The van der Waals surface area contributed by atoms with Crippen LogP contribution in [-0.2, 0) is 14.8 Å².